The summed E-state index contributed by atoms with van der Waals surface area (Å²) in [6.07, 6.45) is 1.98. The lowest BCUT2D eigenvalue weighted by atomic mass is 9.52. The molecule has 2 amide bonds. The molecule has 2 aromatic rings. The van der Waals surface area contributed by atoms with Gasteiger partial charge in [0.1, 0.15) is 0 Å². The van der Waals surface area contributed by atoms with E-state index in [1.165, 1.54) is 4.90 Å². The normalized spacial score (nSPS) is 32.5. The van der Waals surface area contributed by atoms with Gasteiger partial charge in [0.05, 0.1) is 17.9 Å². The minimum absolute atomic E-state index is 0.0221. The molecule has 2 aromatic carbocycles. The van der Waals surface area contributed by atoms with Crippen LogP contribution in [-0.2, 0) is 16.1 Å². The molecule has 0 radical (unpaired) electrons. The first-order valence-electron chi connectivity index (χ1n) is 8.51. The summed E-state index contributed by atoms with van der Waals surface area (Å²) >= 11 is 1.70. The van der Waals surface area contributed by atoms with Crippen LogP contribution >= 0.6 is 11.8 Å². The summed E-state index contributed by atoms with van der Waals surface area (Å²) in [4.78, 5) is 27.8. The van der Waals surface area contributed by atoms with Crippen molar-refractivity contribution in [3.8, 4) is 0 Å². The van der Waals surface area contributed by atoms with E-state index in [1.807, 2.05) is 60.0 Å². The highest BCUT2D eigenvalue weighted by Crippen LogP contribution is 2.69. The van der Waals surface area contributed by atoms with Crippen LogP contribution in [0.2, 0.25) is 0 Å². The van der Waals surface area contributed by atoms with Crippen LogP contribution in [0.25, 0.3) is 0 Å². The monoisotopic (exact) mass is 347 g/mol. The number of carbonyl (C=O) groups excluding carboxylic acids is 2. The second-order valence-electron chi connectivity index (χ2n) is 6.92. The third kappa shape index (κ3) is 1.89. The van der Waals surface area contributed by atoms with Crippen molar-refractivity contribution >= 4 is 23.6 Å². The second kappa shape index (κ2) is 5.33. The molecule has 0 bridgehead atoms. The smallest absolute Gasteiger partial charge is 0.241 e. The zero-order valence-electron chi connectivity index (χ0n) is 13.5. The number of rotatable bonds is 3. The molecular weight excluding hydrogens is 330 g/mol. The molecule has 3 nitrogen and oxygen atoms in total. The highest BCUT2D eigenvalue weighted by Gasteiger charge is 2.75. The van der Waals surface area contributed by atoms with E-state index in [-0.39, 0.29) is 28.9 Å². The van der Waals surface area contributed by atoms with Gasteiger partial charge < -0.3 is 0 Å². The Kier molecular flexibility index (Phi) is 3.19. The molecule has 4 heteroatoms. The topological polar surface area (TPSA) is 37.4 Å². The van der Waals surface area contributed by atoms with E-state index < -0.39 is 5.41 Å². The van der Waals surface area contributed by atoms with E-state index in [4.69, 9.17) is 0 Å². The number of amides is 2. The number of thioether (sulfide) groups is 1. The Morgan fingerprint density at radius 3 is 2.36 bits per heavy atom. The second-order valence-corrected chi connectivity index (χ2v) is 7.97. The zero-order valence-corrected chi connectivity index (χ0v) is 14.4. The Morgan fingerprint density at radius 2 is 1.64 bits per heavy atom. The molecule has 1 saturated heterocycles. The largest absolute Gasteiger partial charge is 0.277 e. The lowest BCUT2D eigenvalue weighted by Gasteiger charge is -2.50. The number of likely N-dealkylation sites (tertiary alicyclic amines) is 1. The fourth-order valence-electron chi connectivity index (χ4n) is 4.60. The summed E-state index contributed by atoms with van der Waals surface area (Å²) in [5.41, 5.74) is 1.52. The van der Waals surface area contributed by atoms with E-state index in [9.17, 15) is 9.59 Å². The number of benzene rings is 2. The lowest BCUT2D eigenvalue weighted by molar-refractivity contribution is -0.140. The van der Waals surface area contributed by atoms with E-state index in [0.29, 0.717) is 6.54 Å². The number of hydrogen-bond acceptors (Lipinski definition) is 3. The molecule has 0 aromatic heterocycles. The van der Waals surface area contributed by atoms with Crippen molar-refractivity contribution in [1.29, 1.82) is 0 Å². The lowest BCUT2D eigenvalue weighted by Crippen LogP contribution is -2.57. The third-order valence-electron chi connectivity index (χ3n) is 5.76. The molecule has 25 heavy (non-hydrogen) atoms. The van der Waals surface area contributed by atoms with Gasteiger partial charge in [0.2, 0.25) is 11.8 Å². The summed E-state index contributed by atoms with van der Waals surface area (Å²) in [5.74, 6) is -0.198. The quantitative estimate of drug-likeness (QED) is 0.797. The van der Waals surface area contributed by atoms with Crippen molar-refractivity contribution in [2.75, 3.05) is 0 Å². The minimum atomic E-state index is -0.628. The molecule has 2 heterocycles. The van der Waals surface area contributed by atoms with Gasteiger partial charge in [0, 0.05) is 11.2 Å². The maximum atomic E-state index is 13.2. The zero-order chi connectivity index (χ0) is 17.0. The molecular formula is C21H17NO2S. The predicted molar refractivity (Wildman–Crippen MR) is 97.6 cm³/mol. The van der Waals surface area contributed by atoms with Crippen LogP contribution in [0.15, 0.2) is 72.1 Å². The van der Waals surface area contributed by atoms with E-state index >= 15 is 0 Å². The van der Waals surface area contributed by atoms with E-state index in [0.717, 1.165) is 11.1 Å². The van der Waals surface area contributed by atoms with Crippen molar-refractivity contribution in [1.82, 2.24) is 4.90 Å². The molecule has 1 aliphatic carbocycles. The molecule has 5 rings (SSSR count). The first kappa shape index (κ1) is 15.0. The van der Waals surface area contributed by atoms with Crippen LogP contribution in [0, 0.1) is 11.3 Å². The maximum Gasteiger partial charge on any atom is 0.241 e. The first-order chi connectivity index (χ1) is 12.2. The molecule has 1 saturated carbocycles. The van der Waals surface area contributed by atoms with Gasteiger partial charge in [-0.05, 0) is 16.5 Å². The van der Waals surface area contributed by atoms with Crippen LogP contribution in [0.4, 0.5) is 0 Å². The number of hydrogen-bond donors (Lipinski definition) is 0. The van der Waals surface area contributed by atoms with Crippen molar-refractivity contribution in [3.05, 3.63) is 83.3 Å². The standard InChI is InChI=1S/C21H17NO2S/c23-19-17-16(15-9-5-2-6-10-15)18-21(17,11-12-25-18)20(24)22(19)13-14-7-3-1-4-8-14/h1-12,16-18H,13H2. The Morgan fingerprint density at radius 1 is 0.960 bits per heavy atom. The fraction of sp³-hybridized carbons (Fsp3) is 0.238. The Labute approximate surface area is 150 Å². The minimum Gasteiger partial charge on any atom is -0.277 e. The highest BCUT2D eigenvalue weighted by atomic mass is 32.2. The number of nitrogens with zero attached hydrogens (tertiary/aromatic N) is 1. The SMILES string of the molecule is O=C1C2C(c3ccccc3)C3SC=CC32C(=O)N1Cc1ccccc1. The van der Waals surface area contributed by atoms with Gasteiger partial charge in [-0.3, -0.25) is 14.5 Å². The Hall–Kier alpha value is -2.33. The van der Waals surface area contributed by atoms with Gasteiger partial charge >= 0.3 is 0 Å². The molecule has 4 atom stereocenters. The van der Waals surface area contributed by atoms with Crippen LogP contribution in [0.5, 0.6) is 0 Å². The van der Waals surface area contributed by atoms with Crippen molar-refractivity contribution in [3.63, 3.8) is 0 Å². The molecule has 0 N–H and O–H groups in total. The highest BCUT2D eigenvalue weighted by molar-refractivity contribution is 8.03. The van der Waals surface area contributed by atoms with Gasteiger partial charge in [-0.25, -0.2) is 0 Å². The van der Waals surface area contributed by atoms with Crippen LogP contribution in [0.1, 0.15) is 17.0 Å². The van der Waals surface area contributed by atoms with Crippen LogP contribution in [-0.4, -0.2) is 22.0 Å². The Bertz CT molecular complexity index is 879. The number of imide groups is 1. The predicted octanol–water partition coefficient (Wildman–Crippen LogP) is 3.58. The van der Waals surface area contributed by atoms with Gasteiger partial charge in [0.25, 0.3) is 0 Å². The van der Waals surface area contributed by atoms with E-state index in [1.54, 1.807) is 11.8 Å². The van der Waals surface area contributed by atoms with Gasteiger partial charge in [0.15, 0.2) is 0 Å². The van der Waals surface area contributed by atoms with Crippen molar-refractivity contribution in [2.45, 2.75) is 17.7 Å². The summed E-state index contributed by atoms with van der Waals surface area (Å²) < 4.78 is 0. The molecule has 1 spiro atoms. The van der Waals surface area contributed by atoms with Crippen molar-refractivity contribution < 1.29 is 9.59 Å². The average Bonchev–Trinajstić information content (AvgIpc) is 3.07. The summed E-state index contributed by atoms with van der Waals surface area (Å²) in [5, 5.41) is 2.15. The van der Waals surface area contributed by atoms with E-state index in [2.05, 4.69) is 12.1 Å². The summed E-state index contributed by atoms with van der Waals surface area (Å²) in [6, 6.07) is 19.9. The molecule has 4 unspecified atom stereocenters. The Balaban J connectivity index is 1.53. The van der Waals surface area contributed by atoms with Gasteiger partial charge in [-0.2, -0.15) is 0 Å². The average molecular weight is 347 g/mol. The first-order valence-corrected chi connectivity index (χ1v) is 9.45. The maximum absolute atomic E-state index is 13.2. The molecule has 124 valence electrons. The molecule has 2 fully saturated rings. The summed E-state index contributed by atoms with van der Waals surface area (Å²) in [6.45, 7) is 0.365. The molecule has 3 aliphatic rings. The fourth-order valence-corrected chi connectivity index (χ4v) is 6.11. The molecule has 2 aliphatic heterocycles. The van der Waals surface area contributed by atoms with Gasteiger partial charge in [-0.15, -0.1) is 11.8 Å². The third-order valence-corrected chi connectivity index (χ3v) is 7.03. The van der Waals surface area contributed by atoms with Crippen LogP contribution < -0.4 is 0 Å². The van der Waals surface area contributed by atoms with Crippen LogP contribution in [0.3, 0.4) is 0 Å². The number of carbonyl (C=O) groups is 2. The van der Waals surface area contributed by atoms with Crippen molar-refractivity contribution in [2.24, 2.45) is 11.3 Å². The summed E-state index contributed by atoms with van der Waals surface area (Å²) in [7, 11) is 0. The van der Waals surface area contributed by atoms with Gasteiger partial charge in [-0.1, -0.05) is 66.7 Å².